The van der Waals surface area contributed by atoms with Crippen LogP contribution in [0, 0.1) is 0 Å². The molecule has 0 spiro atoms. The molecular formula is C15H17NO. The highest BCUT2D eigenvalue weighted by atomic mass is 16.5. The molecule has 0 radical (unpaired) electrons. The molecule has 1 heterocycles. The van der Waals surface area contributed by atoms with Crippen molar-refractivity contribution in [2.45, 2.75) is 39.2 Å². The summed E-state index contributed by atoms with van der Waals surface area (Å²) in [5.74, 6) is 0.802. The van der Waals surface area contributed by atoms with Crippen LogP contribution in [0.4, 0.5) is 0 Å². The average Bonchev–Trinajstić information content (AvgIpc) is 2.77. The van der Waals surface area contributed by atoms with Crippen LogP contribution in [0.1, 0.15) is 31.5 Å². The van der Waals surface area contributed by atoms with E-state index in [4.69, 9.17) is 9.72 Å². The Morgan fingerprint density at radius 3 is 2.65 bits per heavy atom. The molecule has 0 atom stereocenters. The van der Waals surface area contributed by atoms with Gasteiger partial charge in [0.05, 0.1) is 6.10 Å². The van der Waals surface area contributed by atoms with Crippen LogP contribution in [0.15, 0.2) is 24.3 Å². The predicted octanol–water partition coefficient (Wildman–Crippen LogP) is 3.51. The summed E-state index contributed by atoms with van der Waals surface area (Å²) in [5.41, 5.74) is 2.66. The Kier molecular flexibility index (Phi) is 2.50. The van der Waals surface area contributed by atoms with E-state index in [0.717, 1.165) is 24.1 Å². The van der Waals surface area contributed by atoms with Crippen molar-refractivity contribution in [1.29, 1.82) is 0 Å². The Balaban J connectivity index is 2.25. The molecule has 0 bridgehead atoms. The normalized spacial score (nSPS) is 14.3. The summed E-state index contributed by atoms with van der Waals surface area (Å²) in [6, 6.07) is 8.45. The zero-order valence-electron chi connectivity index (χ0n) is 10.4. The summed E-state index contributed by atoms with van der Waals surface area (Å²) < 4.78 is 5.84. The molecule has 0 aliphatic heterocycles. The summed E-state index contributed by atoms with van der Waals surface area (Å²) in [4.78, 5) is 4.70. The van der Waals surface area contributed by atoms with Gasteiger partial charge < -0.3 is 4.74 Å². The summed E-state index contributed by atoms with van der Waals surface area (Å²) in [7, 11) is 0. The van der Waals surface area contributed by atoms with E-state index < -0.39 is 0 Å². The third kappa shape index (κ3) is 1.78. The van der Waals surface area contributed by atoms with E-state index in [1.54, 1.807) is 0 Å². The van der Waals surface area contributed by atoms with Gasteiger partial charge in [-0.15, -0.1) is 0 Å². The van der Waals surface area contributed by atoms with Crippen LogP contribution in [-0.2, 0) is 12.8 Å². The van der Waals surface area contributed by atoms with Crippen molar-refractivity contribution in [2.75, 3.05) is 0 Å². The van der Waals surface area contributed by atoms with Crippen molar-refractivity contribution in [2.24, 2.45) is 0 Å². The lowest BCUT2D eigenvalue weighted by Gasteiger charge is -2.14. The Hall–Kier alpha value is -1.57. The molecule has 17 heavy (non-hydrogen) atoms. The molecule has 1 aliphatic rings. The van der Waals surface area contributed by atoms with E-state index in [1.165, 1.54) is 23.1 Å². The summed E-state index contributed by atoms with van der Waals surface area (Å²) in [6.45, 7) is 4.09. The quantitative estimate of drug-likeness (QED) is 0.783. The second-order valence-corrected chi connectivity index (χ2v) is 4.91. The Morgan fingerprint density at radius 1 is 1.12 bits per heavy atom. The fraction of sp³-hybridized carbons (Fsp3) is 0.400. The van der Waals surface area contributed by atoms with Crippen LogP contribution in [0.25, 0.3) is 10.8 Å². The summed E-state index contributed by atoms with van der Waals surface area (Å²) in [6.07, 6.45) is 3.64. The lowest BCUT2D eigenvalue weighted by Crippen LogP contribution is -2.08. The molecular weight excluding hydrogens is 210 g/mol. The van der Waals surface area contributed by atoms with Gasteiger partial charge in [0, 0.05) is 11.1 Å². The number of fused-ring (bicyclic) bond motifs is 3. The van der Waals surface area contributed by atoms with Gasteiger partial charge in [0.2, 0.25) is 5.88 Å². The van der Waals surface area contributed by atoms with E-state index in [9.17, 15) is 0 Å². The van der Waals surface area contributed by atoms with Crippen LogP contribution in [-0.4, -0.2) is 11.1 Å². The number of nitrogens with zero attached hydrogens (tertiary/aromatic N) is 1. The number of pyridine rings is 1. The third-order valence-electron chi connectivity index (χ3n) is 3.26. The van der Waals surface area contributed by atoms with Crippen molar-refractivity contribution >= 4 is 10.8 Å². The third-order valence-corrected chi connectivity index (χ3v) is 3.26. The van der Waals surface area contributed by atoms with Gasteiger partial charge in [0.15, 0.2) is 0 Å². The van der Waals surface area contributed by atoms with Gasteiger partial charge in [0.1, 0.15) is 0 Å². The van der Waals surface area contributed by atoms with Gasteiger partial charge in [-0.3, -0.25) is 0 Å². The molecule has 0 saturated carbocycles. The van der Waals surface area contributed by atoms with Gasteiger partial charge in [-0.2, -0.15) is 0 Å². The van der Waals surface area contributed by atoms with E-state index in [-0.39, 0.29) is 6.10 Å². The zero-order valence-corrected chi connectivity index (χ0v) is 10.4. The number of rotatable bonds is 2. The van der Waals surface area contributed by atoms with Crippen molar-refractivity contribution in [3.8, 4) is 5.88 Å². The first kappa shape index (κ1) is 10.6. The highest BCUT2D eigenvalue weighted by Gasteiger charge is 2.19. The standard InChI is InChI=1S/C15H17NO/c1-10(2)17-15-13-7-4-3-6-11(13)12-8-5-9-14(12)16-15/h3-4,6-7,10H,5,8-9H2,1-2H3. The molecule has 88 valence electrons. The molecule has 1 aromatic carbocycles. The topological polar surface area (TPSA) is 22.1 Å². The van der Waals surface area contributed by atoms with Crippen LogP contribution in [0.5, 0.6) is 5.88 Å². The number of hydrogen-bond donors (Lipinski definition) is 0. The first-order valence-electron chi connectivity index (χ1n) is 6.33. The minimum absolute atomic E-state index is 0.172. The van der Waals surface area contributed by atoms with Gasteiger partial charge in [-0.25, -0.2) is 4.98 Å². The van der Waals surface area contributed by atoms with Gasteiger partial charge >= 0.3 is 0 Å². The summed E-state index contributed by atoms with van der Waals surface area (Å²) >= 11 is 0. The lowest BCUT2D eigenvalue weighted by molar-refractivity contribution is 0.235. The Bertz CT molecular complexity index is 560. The molecule has 3 rings (SSSR count). The van der Waals surface area contributed by atoms with Crippen molar-refractivity contribution in [3.63, 3.8) is 0 Å². The highest BCUT2D eigenvalue weighted by Crippen LogP contribution is 2.33. The minimum atomic E-state index is 0.172. The lowest BCUT2D eigenvalue weighted by atomic mass is 10.1. The molecule has 0 fully saturated rings. The maximum atomic E-state index is 5.84. The second kappa shape index (κ2) is 4.02. The Morgan fingerprint density at radius 2 is 1.88 bits per heavy atom. The molecule has 1 aromatic heterocycles. The molecule has 0 N–H and O–H groups in total. The second-order valence-electron chi connectivity index (χ2n) is 4.91. The van der Waals surface area contributed by atoms with Gasteiger partial charge in [0.25, 0.3) is 0 Å². The smallest absolute Gasteiger partial charge is 0.221 e. The minimum Gasteiger partial charge on any atom is -0.474 e. The Labute approximate surface area is 102 Å². The molecule has 2 nitrogen and oxygen atoms in total. The molecule has 1 aliphatic carbocycles. The largest absolute Gasteiger partial charge is 0.474 e. The van der Waals surface area contributed by atoms with Crippen LogP contribution < -0.4 is 4.74 Å². The number of aryl methyl sites for hydroxylation is 2. The van der Waals surface area contributed by atoms with Crippen LogP contribution in [0.3, 0.4) is 0 Å². The molecule has 2 aromatic rings. The van der Waals surface area contributed by atoms with Crippen molar-refractivity contribution in [3.05, 3.63) is 35.5 Å². The molecule has 0 saturated heterocycles. The zero-order chi connectivity index (χ0) is 11.8. The molecule has 0 amide bonds. The number of hydrogen-bond acceptors (Lipinski definition) is 2. The van der Waals surface area contributed by atoms with E-state index >= 15 is 0 Å². The van der Waals surface area contributed by atoms with E-state index in [0.29, 0.717) is 0 Å². The fourth-order valence-electron chi connectivity index (χ4n) is 2.57. The molecule has 0 unspecified atom stereocenters. The maximum Gasteiger partial charge on any atom is 0.221 e. The van der Waals surface area contributed by atoms with E-state index in [2.05, 4.69) is 24.3 Å². The van der Waals surface area contributed by atoms with Crippen molar-refractivity contribution in [1.82, 2.24) is 4.98 Å². The van der Waals surface area contributed by atoms with Crippen LogP contribution in [0.2, 0.25) is 0 Å². The maximum absolute atomic E-state index is 5.84. The van der Waals surface area contributed by atoms with Crippen LogP contribution >= 0.6 is 0 Å². The summed E-state index contributed by atoms with van der Waals surface area (Å²) in [5, 5.41) is 2.48. The number of ether oxygens (including phenoxy) is 1. The first-order chi connectivity index (χ1) is 8.25. The van der Waals surface area contributed by atoms with E-state index in [1.807, 2.05) is 13.8 Å². The SMILES string of the molecule is CC(C)Oc1nc2c(c3ccccc13)CCC2. The number of benzene rings is 1. The van der Waals surface area contributed by atoms with Gasteiger partial charge in [-0.1, -0.05) is 18.2 Å². The highest BCUT2D eigenvalue weighted by molar-refractivity contribution is 5.90. The monoisotopic (exact) mass is 227 g/mol. The molecule has 2 heteroatoms. The van der Waals surface area contributed by atoms with Gasteiger partial charge in [-0.05, 0) is 50.1 Å². The average molecular weight is 227 g/mol. The first-order valence-corrected chi connectivity index (χ1v) is 6.33. The number of aromatic nitrogens is 1. The van der Waals surface area contributed by atoms with Crippen molar-refractivity contribution < 1.29 is 4.74 Å². The predicted molar refractivity (Wildman–Crippen MR) is 69.5 cm³/mol. The fourth-order valence-corrected chi connectivity index (χ4v) is 2.57.